The van der Waals surface area contributed by atoms with Gasteiger partial charge in [0.1, 0.15) is 18.5 Å². The maximum Gasteiger partial charge on any atom is 0.206 e. The van der Waals surface area contributed by atoms with Crippen molar-refractivity contribution in [2.75, 3.05) is 13.2 Å². The van der Waals surface area contributed by atoms with Crippen molar-refractivity contribution in [2.24, 2.45) is 0 Å². The van der Waals surface area contributed by atoms with E-state index in [4.69, 9.17) is 9.47 Å². The van der Waals surface area contributed by atoms with Gasteiger partial charge in [-0.05, 0) is 41.3 Å². The lowest BCUT2D eigenvalue weighted by molar-refractivity contribution is 0.262. The van der Waals surface area contributed by atoms with E-state index in [-0.39, 0.29) is 21.3 Å². The van der Waals surface area contributed by atoms with Gasteiger partial charge in [0.15, 0.2) is 0 Å². The van der Waals surface area contributed by atoms with Crippen molar-refractivity contribution in [3.63, 3.8) is 0 Å². The molecule has 1 heterocycles. The summed E-state index contributed by atoms with van der Waals surface area (Å²) in [5.41, 5.74) is 0.854. The van der Waals surface area contributed by atoms with Gasteiger partial charge in [-0.3, -0.25) is 0 Å². The van der Waals surface area contributed by atoms with Crippen LogP contribution in [0.1, 0.15) is 26.3 Å². The fourth-order valence-corrected chi connectivity index (χ4v) is 4.38. The Hall–Kier alpha value is -1.37. The highest BCUT2D eigenvalue weighted by Gasteiger charge is 2.25. The lowest BCUT2D eigenvalue weighted by Gasteiger charge is -2.19. The molecule has 6 heteroatoms. The number of hydrogen-bond donors (Lipinski definition) is 0. The molecular weight excluding hydrogens is 404 g/mol. The lowest BCUT2D eigenvalue weighted by atomic mass is 9.87. The molecule has 0 aliphatic carbocycles. The van der Waals surface area contributed by atoms with E-state index in [0.717, 1.165) is 5.56 Å². The van der Waals surface area contributed by atoms with E-state index in [1.54, 1.807) is 36.4 Å². The van der Waals surface area contributed by atoms with Crippen LogP contribution in [-0.2, 0) is 20.0 Å². The molecule has 2 aromatic carbocycles. The van der Waals surface area contributed by atoms with Crippen molar-refractivity contribution in [1.82, 2.24) is 0 Å². The van der Waals surface area contributed by atoms with Gasteiger partial charge >= 0.3 is 0 Å². The van der Waals surface area contributed by atoms with E-state index in [1.165, 1.54) is 0 Å². The Labute approximate surface area is 157 Å². The molecule has 2 aromatic rings. The number of benzene rings is 2. The van der Waals surface area contributed by atoms with Crippen molar-refractivity contribution in [3.8, 4) is 5.75 Å². The summed E-state index contributed by atoms with van der Waals surface area (Å²) in [6.45, 7) is 7.30. The average Bonchev–Trinajstić information content (AvgIpc) is 3.36. The van der Waals surface area contributed by atoms with E-state index in [0.29, 0.717) is 23.4 Å². The molecule has 1 fully saturated rings. The van der Waals surface area contributed by atoms with Gasteiger partial charge in [-0.15, -0.1) is 0 Å². The van der Waals surface area contributed by atoms with Crippen molar-refractivity contribution in [1.29, 1.82) is 0 Å². The molecule has 1 aliphatic rings. The summed E-state index contributed by atoms with van der Waals surface area (Å²) in [4.78, 5) is 0.495. The standard InChI is InChI=1S/C19H21BrO4S/c1-19(2,3)13-5-4-6-17(7-13)25(21,22)18-9-14(20)8-15(10-18)23-11-16-12-24-16/h4-10,16H,11-12H2,1-3H3. The molecule has 0 N–H and O–H groups in total. The fraction of sp³-hybridized carbons (Fsp3) is 0.368. The number of hydrogen-bond acceptors (Lipinski definition) is 4. The highest BCUT2D eigenvalue weighted by molar-refractivity contribution is 9.10. The van der Waals surface area contributed by atoms with Gasteiger partial charge in [0.2, 0.25) is 9.84 Å². The van der Waals surface area contributed by atoms with Crippen LogP contribution in [0.25, 0.3) is 0 Å². The predicted octanol–water partition coefficient (Wildman–Crippen LogP) is 4.36. The Morgan fingerprint density at radius 3 is 2.52 bits per heavy atom. The zero-order valence-corrected chi connectivity index (χ0v) is 16.9. The van der Waals surface area contributed by atoms with Gasteiger partial charge in [-0.25, -0.2) is 8.42 Å². The smallest absolute Gasteiger partial charge is 0.206 e. The summed E-state index contributed by atoms with van der Waals surface area (Å²) in [5.74, 6) is 0.510. The minimum absolute atomic E-state index is 0.113. The summed E-state index contributed by atoms with van der Waals surface area (Å²) in [5, 5.41) is 0. The maximum atomic E-state index is 13.1. The zero-order valence-electron chi connectivity index (χ0n) is 14.5. The monoisotopic (exact) mass is 424 g/mol. The SMILES string of the molecule is CC(C)(C)c1cccc(S(=O)(=O)c2cc(Br)cc(OCC3CO3)c2)c1. The van der Waals surface area contributed by atoms with Crippen molar-refractivity contribution < 1.29 is 17.9 Å². The molecule has 1 atom stereocenters. The van der Waals surface area contributed by atoms with Crippen LogP contribution in [0.3, 0.4) is 0 Å². The van der Waals surface area contributed by atoms with E-state index < -0.39 is 9.84 Å². The first-order valence-corrected chi connectivity index (χ1v) is 10.3. The summed E-state index contributed by atoms with van der Waals surface area (Å²) >= 11 is 3.37. The van der Waals surface area contributed by atoms with Crippen molar-refractivity contribution in [2.45, 2.75) is 42.1 Å². The Bertz CT molecular complexity index is 881. The quantitative estimate of drug-likeness (QED) is 0.669. The summed E-state index contributed by atoms with van der Waals surface area (Å²) < 4.78 is 37.6. The number of epoxide rings is 1. The third-order valence-corrected chi connectivity index (χ3v) is 6.19. The third-order valence-electron chi connectivity index (χ3n) is 4.00. The topological polar surface area (TPSA) is 55.9 Å². The molecule has 25 heavy (non-hydrogen) atoms. The van der Waals surface area contributed by atoms with Gasteiger partial charge in [-0.2, -0.15) is 0 Å². The summed E-state index contributed by atoms with van der Waals surface area (Å²) in [7, 11) is -3.63. The third kappa shape index (κ3) is 4.43. The van der Waals surface area contributed by atoms with E-state index in [2.05, 4.69) is 36.7 Å². The van der Waals surface area contributed by atoms with Gasteiger partial charge in [-0.1, -0.05) is 48.8 Å². The van der Waals surface area contributed by atoms with Gasteiger partial charge in [0.05, 0.1) is 16.4 Å². The van der Waals surface area contributed by atoms with Crippen LogP contribution in [0.5, 0.6) is 5.75 Å². The van der Waals surface area contributed by atoms with Gasteiger partial charge < -0.3 is 9.47 Å². The predicted molar refractivity (Wildman–Crippen MR) is 100.0 cm³/mol. The maximum absolute atomic E-state index is 13.1. The number of rotatable bonds is 5. The molecule has 0 aromatic heterocycles. The minimum Gasteiger partial charge on any atom is -0.491 e. The summed E-state index contributed by atoms with van der Waals surface area (Å²) in [6.07, 6.45) is 0.113. The number of sulfone groups is 1. The van der Waals surface area contributed by atoms with Crippen molar-refractivity contribution in [3.05, 3.63) is 52.5 Å². The first-order valence-electron chi connectivity index (χ1n) is 8.07. The number of halogens is 1. The molecule has 0 amide bonds. The van der Waals surface area contributed by atoms with Crippen LogP contribution in [0.4, 0.5) is 0 Å². The highest BCUT2D eigenvalue weighted by Crippen LogP contribution is 2.31. The first kappa shape index (κ1) is 18.4. The highest BCUT2D eigenvalue weighted by atomic mass is 79.9. The Morgan fingerprint density at radius 1 is 1.16 bits per heavy atom. The van der Waals surface area contributed by atoms with Crippen LogP contribution < -0.4 is 4.74 Å². The van der Waals surface area contributed by atoms with Crippen LogP contribution in [0.2, 0.25) is 0 Å². The van der Waals surface area contributed by atoms with E-state index >= 15 is 0 Å². The second-order valence-corrected chi connectivity index (χ2v) is 10.0. The second kappa shape index (κ2) is 6.74. The average molecular weight is 425 g/mol. The molecule has 1 unspecified atom stereocenters. The van der Waals surface area contributed by atoms with Crippen LogP contribution in [0.15, 0.2) is 56.7 Å². The molecule has 1 aliphatic heterocycles. The van der Waals surface area contributed by atoms with E-state index in [1.807, 2.05) is 6.07 Å². The molecule has 1 saturated heterocycles. The first-order chi connectivity index (χ1) is 11.7. The zero-order chi connectivity index (χ0) is 18.2. The number of ether oxygens (including phenoxy) is 2. The van der Waals surface area contributed by atoms with Crippen LogP contribution in [0, 0.1) is 0 Å². The Balaban J connectivity index is 1.96. The molecule has 134 valence electrons. The van der Waals surface area contributed by atoms with Gasteiger partial charge in [0, 0.05) is 4.47 Å². The van der Waals surface area contributed by atoms with Gasteiger partial charge in [0.25, 0.3) is 0 Å². The normalized spacial score (nSPS) is 17.4. The minimum atomic E-state index is -3.63. The largest absolute Gasteiger partial charge is 0.491 e. The molecule has 0 saturated carbocycles. The van der Waals surface area contributed by atoms with Crippen molar-refractivity contribution >= 4 is 25.8 Å². The Morgan fingerprint density at radius 2 is 1.88 bits per heavy atom. The van der Waals surface area contributed by atoms with E-state index in [9.17, 15) is 8.42 Å². The molecule has 4 nitrogen and oxygen atoms in total. The summed E-state index contributed by atoms with van der Waals surface area (Å²) in [6, 6.07) is 12.0. The molecule has 3 rings (SSSR count). The molecule has 0 spiro atoms. The second-order valence-electron chi connectivity index (χ2n) is 7.17. The van der Waals surface area contributed by atoms with Crippen LogP contribution in [-0.4, -0.2) is 27.7 Å². The molecular formula is C19H21BrO4S. The van der Waals surface area contributed by atoms with Crippen LogP contribution >= 0.6 is 15.9 Å². The Kier molecular flexibility index (Phi) is 4.97. The lowest BCUT2D eigenvalue weighted by Crippen LogP contribution is -2.12. The fourth-order valence-electron chi connectivity index (χ4n) is 2.39. The molecule has 0 radical (unpaired) electrons. The molecule has 0 bridgehead atoms.